The van der Waals surface area contributed by atoms with E-state index in [2.05, 4.69) is 53.7 Å². The Morgan fingerprint density at radius 3 is 1.56 bits per heavy atom. The van der Waals surface area contributed by atoms with E-state index in [9.17, 15) is 9.50 Å². The minimum absolute atomic E-state index is 0.261. The Labute approximate surface area is 193 Å². The van der Waals surface area contributed by atoms with Gasteiger partial charge in [-0.3, -0.25) is 0 Å². The standard InChI is InChI=1S/C27H38BFO3/c1-24(2,3)20-15-18(16-21(23(20)30)25(4,5)6)22(17-11-13-19(29)14-12-17)28-31-26(7,8)27(9,10)32-28/h11-16,22,30H,1-10H3. The summed E-state index contributed by atoms with van der Waals surface area (Å²) in [6.45, 7) is 20.7. The molecule has 2 aromatic rings. The number of halogens is 1. The largest absolute Gasteiger partial charge is 0.507 e. The highest BCUT2D eigenvalue weighted by Gasteiger charge is 2.54. The van der Waals surface area contributed by atoms with Crippen molar-refractivity contribution in [3.8, 4) is 5.75 Å². The minimum atomic E-state index is -0.546. The zero-order valence-electron chi connectivity index (χ0n) is 21.3. The van der Waals surface area contributed by atoms with Crippen molar-refractivity contribution < 1.29 is 18.8 Å². The van der Waals surface area contributed by atoms with Gasteiger partial charge in [-0.25, -0.2) is 4.39 Å². The third-order valence-corrected chi connectivity index (χ3v) is 6.88. The van der Waals surface area contributed by atoms with Crippen molar-refractivity contribution in [2.45, 2.75) is 97.1 Å². The van der Waals surface area contributed by atoms with Crippen molar-refractivity contribution in [3.05, 3.63) is 64.5 Å². The number of hydrogen-bond donors (Lipinski definition) is 1. The number of aromatic hydroxyl groups is 1. The van der Waals surface area contributed by atoms with Gasteiger partial charge in [-0.1, -0.05) is 65.8 Å². The number of phenols is 1. The summed E-state index contributed by atoms with van der Waals surface area (Å²) in [5.74, 6) is -0.224. The Kier molecular flexibility index (Phi) is 6.10. The Morgan fingerprint density at radius 1 is 0.781 bits per heavy atom. The quantitative estimate of drug-likeness (QED) is 0.528. The van der Waals surface area contributed by atoms with Gasteiger partial charge >= 0.3 is 7.12 Å². The molecular formula is C27H38BFO3. The highest BCUT2D eigenvalue weighted by Crippen LogP contribution is 2.46. The molecule has 0 spiro atoms. The van der Waals surface area contributed by atoms with Gasteiger partial charge in [0.1, 0.15) is 11.6 Å². The average molecular weight is 440 g/mol. The van der Waals surface area contributed by atoms with E-state index in [1.165, 1.54) is 12.1 Å². The highest BCUT2D eigenvalue weighted by molar-refractivity contribution is 6.48. The van der Waals surface area contributed by atoms with Crippen LogP contribution in [0.1, 0.15) is 97.3 Å². The number of hydrogen-bond acceptors (Lipinski definition) is 3. The molecule has 1 aliphatic heterocycles. The maximum Gasteiger partial charge on any atom is 0.470 e. The molecule has 2 aromatic carbocycles. The number of rotatable bonds is 3. The summed E-state index contributed by atoms with van der Waals surface area (Å²) in [4.78, 5) is 0. The summed E-state index contributed by atoms with van der Waals surface area (Å²) >= 11 is 0. The van der Waals surface area contributed by atoms with Crippen LogP contribution in [0, 0.1) is 5.82 Å². The van der Waals surface area contributed by atoms with E-state index in [1.54, 1.807) is 12.1 Å². The van der Waals surface area contributed by atoms with Crippen molar-refractivity contribution in [1.29, 1.82) is 0 Å². The summed E-state index contributed by atoms with van der Waals surface area (Å²) in [6, 6.07) is 10.7. The Bertz CT molecular complexity index is 930. The summed E-state index contributed by atoms with van der Waals surface area (Å²) in [5.41, 5.74) is 2.15. The lowest BCUT2D eigenvalue weighted by atomic mass is 9.63. The van der Waals surface area contributed by atoms with E-state index in [0.29, 0.717) is 5.75 Å². The van der Waals surface area contributed by atoms with E-state index in [0.717, 1.165) is 22.3 Å². The second-order valence-corrected chi connectivity index (χ2v) is 12.1. The fourth-order valence-corrected chi connectivity index (χ4v) is 4.18. The van der Waals surface area contributed by atoms with Gasteiger partial charge < -0.3 is 14.4 Å². The van der Waals surface area contributed by atoms with Gasteiger partial charge in [-0.15, -0.1) is 0 Å². The zero-order chi connectivity index (χ0) is 24.3. The first-order valence-corrected chi connectivity index (χ1v) is 11.4. The summed E-state index contributed by atoms with van der Waals surface area (Å²) < 4.78 is 26.7. The molecule has 32 heavy (non-hydrogen) atoms. The average Bonchev–Trinajstić information content (AvgIpc) is 2.83. The van der Waals surface area contributed by atoms with Crippen LogP contribution in [-0.4, -0.2) is 23.4 Å². The van der Waals surface area contributed by atoms with Gasteiger partial charge in [-0.05, 0) is 72.9 Å². The van der Waals surface area contributed by atoms with E-state index in [-0.39, 0.29) is 22.5 Å². The van der Waals surface area contributed by atoms with Crippen LogP contribution in [0.5, 0.6) is 5.75 Å². The summed E-state index contributed by atoms with van der Waals surface area (Å²) in [6.07, 6.45) is 0. The maximum absolute atomic E-state index is 13.8. The van der Waals surface area contributed by atoms with Crippen LogP contribution < -0.4 is 0 Å². The molecule has 0 radical (unpaired) electrons. The molecule has 0 aromatic heterocycles. The van der Waals surface area contributed by atoms with Crippen LogP contribution in [0.2, 0.25) is 0 Å². The lowest BCUT2D eigenvalue weighted by Crippen LogP contribution is -2.41. The Balaban J connectivity index is 2.27. The molecule has 174 valence electrons. The van der Waals surface area contributed by atoms with Crippen LogP contribution in [0.4, 0.5) is 4.39 Å². The van der Waals surface area contributed by atoms with Crippen LogP contribution in [0.3, 0.4) is 0 Å². The van der Waals surface area contributed by atoms with Gasteiger partial charge in [0.05, 0.1) is 11.2 Å². The fourth-order valence-electron chi connectivity index (χ4n) is 4.18. The van der Waals surface area contributed by atoms with Crippen LogP contribution in [0.15, 0.2) is 36.4 Å². The van der Waals surface area contributed by atoms with Gasteiger partial charge in [0.15, 0.2) is 0 Å². The van der Waals surface area contributed by atoms with Crippen LogP contribution >= 0.6 is 0 Å². The van der Waals surface area contributed by atoms with E-state index < -0.39 is 18.3 Å². The predicted octanol–water partition coefficient (Wildman–Crippen LogP) is 6.89. The molecule has 0 bridgehead atoms. The van der Waals surface area contributed by atoms with Crippen molar-refractivity contribution in [1.82, 2.24) is 0 Å². The first-order chi connectivity index (χ1) is 14.4. The smallest absolute Gasteiger partial charge is 0.470 e. The topological polar surface area (TPSA) is 38.7 Å². The first kappa shape index (κ1) is 24.8. The molecule has 1 saturated heterocycles. The van der Waals surface area contributed by atoms with Crippen molar-refractivity contribution in [3.63, 3.8) is 0 Å². The second kappa shape index (κ2) is 7.88. The molecule has 3 nitrogen and oxygen atoms in total. The van der Waals surface area contributed by atoms with E-state index in [4.69, 9.17) is 9.31 Å². The molecule has 3 rings (SSSR count). The van der Waals surface area contributed by atoms with Crippen molar-refractivity contribution in [2.24, 2.45) is 0 Å². The van der Waals surface area contributed by atoms with Gasteiger partial charge in [0.2, 0.25) is 0 Å². The lowest BCUT2D eigenvalue weighted by Gasteiger charge is -2.32. The van der Waals surface area contributed by atoms with Gasteiger partial charge in [-0.2, -0.15) is 0 Å². The van der Waals surface area contributed by atoms with E-state index in [1.807, 2.05) is 27.7 Å². The van der Waals surface area contributed by atoms with E-state index >= 15 is 0 Å². The van der Waals surface area contributed by atoms with Crippen molar-refractivity contribution >= 4 is 7.12 Å². The normalized spacial score (nSPS) is 19.3. The van der Waals surface area contributed by atoms with Crippen LogP contribution in [0.25, 0.3) is 0 Å². The van der Waals surface area contributed by atoms with Crippen molar-refractivity contribution in [2.75, 3.05) is 0 Å². The first-order valence-electron chi connectivity index (χ1n) is 11.4. The second-order valence-electron chi connectivity index (χ2n) is 12.1. The minimum Gasteiger partial charge on any atom is -0.507 e. The highest BCUT2D eigenvalue weighted by atomic mass is 19.1. The number of phenolic OH excluding ortho intramolecular Hbond substituents is 1. The number of benzene rings is 2. The van der Waals surface area contributed by atoms with Gasteiger partial charge in [0, 0.05) is 5.82 Å². The zero-order valence-corrected chi connectivity index (χ0v) is 21.3. The molecule has 0 amide bonds. The molecule has 0 aliphatic carbocycles. The molecule has 1 fully saturated rings. The monoisotopic (exact) mass is 440 g/mol. The summed E-state index contributed by atoms with van der Waals surface area (Å²) in [7, 11) is -0.546. The predicted molar refractivity (Wildman–Crippen MR) is 130 cm³/mol. The molecule has 1 aliphatic rings. The maximum atomic E-state index is 13.8. The molecule has 1 N–H and O–H groups in total. The molecular weight excluding hydrogens is 402 g/mol. The Morgan fingerprint density at radius 2 is 1.19 bits per heavy atom. The Hall–Kier alpha value is -1.85. The SMILES string of the molecule is CC(C)(C)c1cc(C(B2OC(C)(C)C(C)(C)O2)c2ccc(F)cc2)cc(C(C)(C)C)c1O. The molecule has 1 heterocycles. The molecule has 5 heteroatoms. The molecule has 1 unspecified atom stereocenters. The van der Waals surface area contributed by atoms with Crippen LogP contribution in [-0.2, 0) is 20.1 Å². The fraction of sp³-hybridized carbons (Fsp3) is 0.556. The summed E-state index contributed by atoms with van der Waals surface area (Å²) in [5, 5.41) is 11.2. The molecule has 0 saturated carbocycles. The molecule has 1 atom stereocenters. The van der Waals surface area contributed by atoms with Gasteiger partial charge in [0.25, 0.3) is 0 Å². The third kappa shape index (κ3) is 4.60. The third-order valence-electron chi connectivity index (χ3n) is 6.88. The lowest BCUT2D eigenvalue weighted by molar-refractivity contribution is 0.00578.